The number of fused-ring (bicyclic) bond motifs is 3. The first-order valence-electron chi connectivity index (χ1n) is 20.2. The van der Waals surface area contributed by atoms with Gasteiger partial charge < -0.3 is 0 Å². The van der Waals surface area contributed by atoms with Crippen LogP contribution < -0.4 is 4.74 Å². The van der Waals surface area contributed by atoms with Gasteiger partial charge in [0, 0.05) is 0 Å². The van der Waals surface area contributed by atoms with Gasteiger partial charge >= 0.3 is 294 Å². The molecule has 4 nitrogen and oxygen atoms in total. The molecule has 0 saturated carbocycles. The number of nitrogens with zero attached hydrogens (tertiary/aromatic N) is 1. The van der Waals surface area contributed by atoms with Crippen LogP contribution in [0, 0.1) is 18.2 Å². The minimum absolute atomic E-state index is 0.0229. The average molecular weight is 811 g/mol. The molecule has 0 spiro atoms. The number of rotatable bonds is 10. The van der Waals surface area contributed by atoms with Crippen molar-refractivity contribution in [2.45, 2.75) is 143 Å². The van der Waals surface area contributed by atoms with Crippen molar-refractivity contribution >= 4 is 35.1 Å². The molecule has 5 rings (SSSR count). The van der Waals surface area contributed by atoms with Crippen molar-refractivity contribution in [1.29, 1.82) is 0 Å². The van der Waals surface area contributed by atoms with E-state index in [4.69, 9.17) is 4.74 Å². The molecule has 55 heavy (non-hydrogen) atoms. The van der Waals surface area contributed by atoms with E-state index in [9.17, 15) is 10.2 Å². The third-order valence-electron chi connectivity index (χ3n) is 12.2. The number of aryl methyl sites for hydroxylation is 1. The van der Waals surface area contributed by atoms with Crippen molar-refractivity contribution in [2.75, 3.05) is 10.9 Å². The van der Waals surface area contributed by atoms with Crippen molar-refractivity contribution in [3.63, 3.8) is 0 Å². The molecule has 5 aromatic rings. The Morgan fingerprint density at radius 1 is 0.691 bits per heavy atom. The van der Waals surface area contributed by atoms with Crippen LogP contribution in [0.4, 0.5) is 4.39 Å². The van der Waals surface area contributed by atoms with Gasteiger partial charge in [0.05, 0.1) is 0 Å². The van der Waals surface area contributed by atoms with Gasteiger partial charge in [-0.2, -0.15) is 0 Å². The molecule has 1 heterocycles. The van der Waals surface area contributed by atoms with Gasteiger partial charge in [0.2, 0.25) is 0 Å². The normalized spacial score (nSPS) is 13.5. The third-order valence-corrected chi connectivity index (χ3v) is 24.5. The number of aromatic nitrogens is 1. The number of halogens is 1. The number of ether oxygens (including phenoxy) is 1. The van der Waals surface area contributed by atoms with Crippen LogP contribution in [0.25, 0.3) is 38.6 Å². The van der Waals surface area contributed by atoms with Crippen LogP contribution in [0.2, 0.25) is 9.50 Å². The van der Waals surface area contributed by atoms with Crippen LogP contribution >= 0.6 is 0 Å². The Kier molecular flexibility index (Phi) is 11.6. The molecule has 6 heteroatoms. The summed E-state index contributed by atoms with van der Waals surface area (Å²) in [6.45, 7) is 35.3. The second-order valence-corrected chi connectivity index (χ2v) is 32.2. The van der Waals surface area contributed by atoms with Gasteiger partial charge in [-0.1, -0.05) is 41.5 Å². The molecule has 0 radical (unpaired) electrons. The molecule has 0 amide bonds. The van der Waals surface area contributed by atoms with Gasteiger partial charge in [-0.05, 0) is 0 Å². The number of aliphatic hydroxyl groups excluding tert-OH is 1. The van der Waals surface area contributed by atoms with E-state index < -0.39 is 13.3 Å². The zero-order chi connectivity index (χ0) is 41.2. The number of phenolic OH excluding ortho intramolecular Hbond substituents is 1. The average Bonchev–Trinajstić information content (AvgIpc) is 3.36. The number of aliphatic hydroxyl groups is 1. The summed E-state index contributed by atoms with van der Waals surface area (Å²) in [5, 5.41) is 25.9. The van der Waals surface area contributed by atoms with Gasteiger partial charge in [-0.15, -0.1) is 0 Å². The van der Waals surface area contributed by atoms with Gasteiger partial charge in [-0.25, -0.2) is 0 Å². The van der Waals surface area contributed by atoms with Crippen LogP contribution in [0.1, 0.15) is 133 Å². The number of benzene rings is 4. The predicted octanol–water partition coefficient (Wildman–Crippen LogP) is 13.6. The monoisotopic (exact) mass is 811 g/mol. The number of aromatic hydroxyl groups is 1. The summed E-state index contributed by atoms with van der Waals surface area (Å²) in [7, 11) is 0. The van der Waals surface area contributed by atoms with Crippen LogP contribution in [0.3, 0.4) is 0 Å². The molecule has 298 valence electrons. The SMILES string of the molecule is Cc1cc(F)cc(-c2cc(C(C)(C)CC(C)(C)C)cc(-n3c4cc(C(C)(C)C)ccc4c4ccc(C(C)(C)C)cc43)c2O)c1O[CH2][Ge]([CH2]O)([CH](C)C)[CH](C)C. The fraction of sp³-hybridized carbons (Fsp3) is 0.510. The van der Waals surface area contributed by atoms with Gasteiger partial charge in [-0.3, -0.25) is 0 Å². The summed E-state index contributed by atoms with van der Waals surface area (Å²) < 4.78 is 25.4. The van der Waals surface area contributed by atoms with Crippen molar-refractivity contribution < 1.29 is 19.3 Å². The van der Waals surface area contributed by atoms with Crippen molar-refractivity contribution in [2.24, 2.45) is 5.41 Å². The molecule has 0 aliphatic heterocycles. The van der Waals surface area contributed by atoms with E-state index in [2.05, 4.69) is 157 Å². The quantitative estimate of drug-likeness (QED) is 0.138. The standard InChI is InChI=1S/C49H68FGeNO3/c1-30(2)51(28-53,31(3)4)29-55-45-32(5)21-36(50)26-40(45)39-22-35(49(15,16)27-46(6,7)8)25-43(44(39)54)52-41-23-33(47(9,10)11)17-19-37(41)38-20-18-34(24-42(38)52)48(12,13)14/h17-26,30-31,53-54H,27-29H2,1-16H3. The van der Waals surface area contributed by atoms with E-state index >= 15 is 4.39 Å². The summed E-state index contributed by atoms with van der Waals surface area (Å²) in [6, 6.07) is 20.7. The molecule has 1 aromatic heterocycles. The molecular formula is C49H68FGeNO3. The summed E-state index contributed by atoms with van der Waals surface area (Å²) in [5.74, 6) is 0.253. The first-order chi connectivity index (χ1) is 25.2. The second-order valence-electron chi connectivity index (χ2n) is 20.9. The number of phenols is 1. The zero-order valence-corrected chi connectivity index (χ0v) is 38.8. The number of hydrogen-bond acceptors (Lipinski definition) is 3. The first kappa shape index (κ1) is 42.8. The minimum atomic E-state index is -2.97. The second kappa shape index (κ2) is 14.9. The van der Waals surface area contributed by atoms with Crippen molar-refractivity contribution in [3.8, 4) is 28.3 Å². The molecule has 0 bridgehead atoms. The van der Waals surface area contributed by atoms with E-state index in [0.717, 1.165) is 33.8 Å². The first-order valence-corrected chi connectivity index (χ1v) is 25.6. The molecule has 0 aliphatic carbocycles. The molecule has 0 saturated heterocycles. The Morgan fingerprint density at radius 2 is 1.20 bits per heavy atom. The third kappa shape index (κ3) is 8.40. The van der Waals surface area contributed by atoms with Crippen molar-refractivity contribution in [3.05, 3.63) is 88.7 Å². The molecule has 0 aliphatic rings. The maximum absolute atomic E-state index is 15.7. The molecular weight excluding hydrogens is 742 g/mol. The topological polar surface area (TPSA) is 54.6 Å². The van der Waals surface area contributed by atoms with Crippen LogP contribution in [-0.4, -0.2) is 38.9 Å². The van der Waals surface area contributed by atoms with Crippen LogP contribution in [0.5, 0.6) is 11.5 Å². The Balaban J connectivity index is 1.94. The molecule has 0 fully saturated rings. The Morgan fingerprint density at radius 3 is 1.64 bits per heavy atom. The zero-order valence-electron chi connectivity index (χ0n) is 36.7. The van der Waals surface area contributed by atoms with E-state index in [0.29, 0.717) is 43.1 Å². The Labute approximate surface area is 333 Å². The summed E-state index contributed by atoms with van der Waals surface area (Å²) >= 11 is -2.97. The van der Waals surface area contributed by atoms with E-state index in [1.54, 1.807) is 0 Å². The molecule has 0 atom stereocenters. The van der Waals surface area contributed by atoms with Gasteiger partial charge in [0.25, 0.3) is 0 Å². The summed E-state index contributed by atoms with van der Waals surface area (Å²) in [4.78, 5) is 0. The van der Waals surface area contributed by atoms with Crippen molar-refractivity contribution in [1.82, 2.24) is 4.57 Å². The van der Waals surface area contributed by atoms with Crippen LogP contribution in [0.15, 0.2) is 60.7 Å². The van der Waals surface area contributed by atoms with Gasteiger partial charge in [0.15, 0.2) is 0 Å². The maximum atomic E-state index is 15.7. The van der Waals surface area contributed by atoms with Crippen LogP contribution in [-0.2, 0) is 16.2 Å². The Hall–Kier alpha value is -3.29. The fourth-order valence-electron chi connectivity index (χ4n) is 8.76. The molecule has 0 unspecified atom stereocenters. The van der Waals surface area contributed by atoms with E-state index in [1.807, 2.05) is 6.92 Å². The predicted molar refractivity (Wildman–Crippen MR) is 236 cm³/mol. The van der Waals surface area contributed by atoms with E-state index in [-0.39, 0.29) is 38.7 Å². The summed E-state index contributed by atoms with van der Waals surface area (Å²) in [6.07, 6.45) is 0.889. The molecule has 4 aromatic carbocycles. The molecule has 2 N–H and O–H groups in total. The summed E-state index contributed by atoms with van der Waals surface area (Å²) in [5.41, 5.74) is 7.99. The fourth-order valence-corrected chi connectivity index (χ4v) is 15.6. The number of hydrogen-bond donors (Lipinski definition) is 2. The van der Waals surface area contributed by atoms with E-state index in [1.165, 1.54) is 23.3 Å². The Bertz CT molecular complexity index is 2130. The van der Waals surface area contributed by atoms with Gasteiger partial charge in [0.1, 0.15) is 0 Å².